The lowest BCUT2D eigenvalue weighted by Crippen LogP contribution is -2.31. The monoisotopic (exact) mass is 359 g/mol. The number of hydrogen-bond acceptors (Lipinski definition) is 3. The summed E-state index contributed by atoms with van der Waals surface area (Å²) in [5.41, 5.74) is 2.79. The van der Waals surface area contributed by atoms with Crippen molar-refractivity contribution in [2.75, 3.05) is 13.1 Å². The first-order chi connectivity index (χ1) is 13.2. The smallest absolute Gasteiger partial charge is 0.176 e. The van der Waals surface area contributed by atoms with Gasteiger partial charge in [0.25, 0.3) is 0 Å². The summed E-state index contributed by atoms with van der Waals surface area (Å²) in [6.45, 7) is 1.66. The van der Waals surface area contributed by atoms with E-state index < -0.39 is 6.10 Å². The van der Waals surface area contributed by atoms with Crippen LogP contribution in [-0.2, 0) is 6.54 Å². The number of nitrogens with zero attached hydrogens (tertiary/aromatic N) is 1. The number of ketones is 1. The topological polar surface area (TPSA) is 40.5 Å². The van der Waals surface area contributed by atoms with E-state index in [1.807, 2.05) is 78.9 Å². The molecule has 0 aromatic heterocycles. The first-order valence-electron chi connectivity index (χ1n) is 9.30. The molecule has 3 heteroatoms. The maximum Gasteiger partial charge on any atom is 0.176 e. The molecule has 0 fully saturated rings. The number of rotatable bonds is 9. The predicted molar refractivity (Wildman–Crippen MR) is 109 cm³/mol. The van der Waals surface area contributed by atoms with Crippen molar-refractivity contribution in [3.8, 4) is 0 Å². The highest BCUT2D eigenvalue weighted by Crippen LogP contribution is 2.17. The molecule has 3 aromatic rings. The molecule has 0 aliphatic carbocycles. The standard InChI is InChI=1S/C24H25NO2/c26-23(21-12-6-2-7-13-21)16-17-25(18-20-10-4-1-5-11-20)19-24(27)22-14-8-3-9-15-22/h1-15,23,26H,16-19H2/t23-/m1/s1. The molecule has 3 nitrogen and oxygen atoms in total. The Morgan fingerprint density at radius 1 is 0.815 bits per heavy atom. The molecule has 0 unspecified atom stereocenters. The summed E-state index contributed by atoms with van der Waals surface area (Å²) in [6, 6.07) is 29.2. The van der Waals surface area contributed by atoms with E-state index in [4.69, 9.17) is 0 Å². The molecule has 0 spiro atoms. The maximum absolute atomic E-state index is 12.7. The van der Waals surface area contributed by atoms with Crippen LogP contribution in [0, 0.1) is 0 Å². The van der Waals surface area contributed by atoms with E-state index in [2.05, 4.69) is 17.0 Å². The molecular weight excluding hydrogens is 334 g/mol. The predicted octanol–water partition coefficient (Wildman–Crippen LogP) is 4.50. The Hall–Kier alpha value is -2.75. The summed E-state index contributed by atoms with van der Waals surface area (Å²) >= 11 is 0. The number of aliphatic hydroxyl groups is 1. The van der Waals surface area contributed by atoms with Gasteiger partial charge < -0.3 is 5.11 Å². The molecule has 0 bridgehead atoms. The van der Waals surface area contributed by atoms with Crippen LogP contribution < -0.4 is 0 Å². The van der Waals surface area contributed by atoms with Crippen LogP contribution in [0.25, 0.3) is 0 Å². The minimum absolute atomic E-state index is 0.0979. The Labute approximate surface area is 160 Å². The molecule has 0 aliphatic heterocycles. The van der Waals surface area contributed by atoms with Gasteiger partial charge in [0.05, 0.1) is 12.6 Å². The van der Waals surface area contributed by atoms with Gasteiger partial charge >= 0.3 is 0 Å². The van der Waals surface area contributed by atoms with Gasteiger partial charge in [-0.3, -0.25) is 9.69 Å². The third-order valence-electron chi connectivity index (χ3n) is 4.62. The van der Waals surface area contributed by atoms with Crippen LogP contribution >= 0.6 is 0 Å². The summed E-state index contributed by atoms with van der Waals surface area (Å²) in [5, 5.41) is 10.5. The molecule has 27 heavy (non-hydrogen) atoms. The summed E-state index contributed by atoms with van der Waals surface area (Å²) in [7, 11) is 0. The van der Waals surface area contributed by atoms with Gasteiger partial charge in [0, 0.05) is 18.7 Å². The molecule has 3 rings (SSSR count). The Bertz CT molecular complexity index is 819. The lowest BCUT2D eigenvalue weighted by atomic mass is 10.1. The molecule has 1 atom stereocenters. The molecule has 1 N–H and O–H groups in total. The molecule has 138 valence electrons. The van der Waals surface area contributed by atoms with Gasteiger partial charge in [-0.15, -0.1) is 0 Å². The van der Waals surface area contributed by atoms with Crippen molar-refractivity contribution in [2.24, 2.45) is 0 Å². The van der Waals surface area contributed by atoms with E-state index in [1.54, 1.807) is 0 Å². The average Bonchev–Trinajstić information content (AvgIpc) is 2.73. The fourth-order valence-electron chi connectivity index (χ4n) is 3.12. The second-order valence-electron chi connectivity index (χ2n) is 6.70. The van der Waals surface area contributed by atoms with E-state index in [0.29, 0.717) is 26.1 Å². The molecule has 0 saturated carbocycles. The Balaban J connectivity index is 1.66. The van der Waals surface area contributed by atoms with Gasteiger partial charge in [-0.25, -0.2) is 0 Å². The zero-order valence-electron chi connectivity index (χ0n) is 15.4. The zero-order chi connectivity index (χ0) is 18.9. The summed E-state index contributed by atoms with van der Waals surface area (Å²) < 4.78 is 0. The van der Waals surface area contributed by atoms with Crippen molar-refractivity contribution >= 4 is 5.78 Å². The van der Waals surface area contributed by atoms with Crippen molar-refractivity contribution in [3.63, 3.8) is 0 Å². The molecule has 0 amide bonds. The minimum Gasteiger partial charge on any atom is -0.388 e. The van der Waals surface area contributed by atoms with Crippen LogP contribution in [0.5, 0.6) is 0 Å². The largest absolute Gasteiger partial charge is 0.388 e. The van der Waals surface area contributed by atoms with Gasteiger partial charge in [0.1, 0.15) is 0 Å². The lowest BCUT2D eigenvalue weighted by molar-refractivity contribution is 0.0895. The van der Waals surface area contributed by atoms with Gasteiger partial charge in [0.2, 0.25) is 0 Å². The second kappa shape index (κ2) is 9.81. The molecule has 0 aliphatic rings. The van der Waals surface area contributed by atoms with Crippen molar-refractivity contribution in [3.05, 3.63) is 108 Å². The van der Waals surface area contributed by atoms with E-state index in [0.717, 1.165) is 16.7 Å². The highest BCUT2D eigenvalue weighted by atomic mass is 16.3. The number of hydrogen-bond donors (Lipinski definition) is 1. The Morgan fingerprint density at radius 3 is 2.00 bits per heavy atom. The van der Waals surface area contributed by atoms with Gasteiger partial charge in [-0.2, -0.15) is 0 Å². The quantitative estimate of drug-likeness (QED) is 0.572. The van der Waals surface area contributed by atoms with Crippen LogP contribution in [0.2, 0.25) is 0 Å². The normalized spacial score (nSPS) is 12.1. The second-order valence-corrected chi connectivity index (χ2v) is 6.70. The van der Waals surface area contributed by atoms with Crippen LogP contribution in [0.15, 0.2) is 91.0 Å². The SMILES string of the molecule is O=C(CN(CC[C@@H](O)c1ccccc1)Cc1ccccc1)c1ccccc1. The third-order valence-corrected chi connectivity index (χ3v) is 4.62. The highest BCUT2D eigenvalue weighted by Gasteiger charge is 2.15. The summed E-state index contributed by atoms with van der Waals surface area (Å²) in [6.07, 6.45) is 0.0511. The maximum atomic E-state index is 12.7. The fourth-order valence-corrected chi connectivity index (χ4v) is 3.12. The number of carbonyl (C=O) groups excluding carboxylic acids is 1. The summed E-state index contributed by atoms with van der Waals surface area (Å²) in [5.74, 6) is 0.0979. The highest BCUT2D eigenvalue weighted by molar-refractivity contribution is 5.97. The molecule has 0 radical (unpaired) electrons. The van der Waals surface area contributed by atoms with Crippen LogP contribution in [0.1, 0.15) is 34.0 Å². The first-order valence-corrected chi connectivity index (χ1v) is 9.30. The van der Waals surface area contributed by atoms with Crippen molar-refractivity contribution in [1.29, 1.82) is 0 Å². The number of benzene rings is 3. The molecular formula is C24H25NO2. The number of aliphatic hydroxyl groups excluding tert-OH is 1. The van der Waals surface area contributed by atoms with E-state index in [9.17, 15) is 9.90 Å². The van der Waals surface area contributed by atoms with E-state index in [1.165, 1.54) is 0 Å². The van der Waals surface area contributed by atoms with Crippen LogP contribution in [0.3, 0.4) is 0 Å². The number of carbonyl (C=O) groups is 1. The van der Waals surface area contributed by atoms with Gasteiger partial charge in [0.15, 0.2) is 5.78 Å². The first kappa shape index (κ1) is 19.0. The van der Waals surface area contributed by atoms with Crippen molar-refractivity contribution in [2.45, 2.75) is 19.1 Å². The van der Waals surface area contributed by atoms with Gasteiger partial charge in [-0.05, 0) is 17.5 Å². The zero-order valence-corrected chi connectivity index (χ0v) is 15.4. The third kappa shape index (κ3) is 5.88. The molecule has 0 saturated heterocycles. The summed E-state index contributed by atoms with van der Waals surface area (Å²) in [4.78, 5) is 14.8. The Morgan fingerprint density at radius 2 is 1.37 bits per heavy atom. The molecule has 0 heterocycles. The number of Topliss-reactive ketones (excluding diaryl/α,β-unsaturated/α-hetero) is 1. The van der Waals surface area contributed by atoms with E-state index in [-0.39, 0.29) is 5.78 Å². The van der Waals surface area contributed by atoms with Gasteiger partial charge in [-0.1, -0.05) is 91.0 Å². The fraction of sp³-hybridized carbons (Fsp3) is 0.208. The van der Waals surface area contributed by atoms with E-state index >= 15 is 0 Å². The average molecular weight is 359 g/mol. The molecule has 3 aromatic carbocycles. The Kier molecular flexibility index (Phi) is 6.91. The van der Waals surface area contributed by atoms with Crippen LogP contribution in [0.4, 0.5) is 0 Å². The lowest BCUT2D eigenvalue weighted by Gasteiger charge is -2.23. The minimum atomic E-state index is -0.531. The van der Waals surface area contributed by atoms with Crippen molar-refractivity contribution in [1.82, 2.24) is 4.90 Å². The van der Waals surface area contributed by atoms with Crippen LogP contribution in [-0.4, -0.2) is 28.9 Å². The van der Waals surface area contributed by atoms with Crippen molar-refractivity contribution < 1.29 is 9.90 Å².